The Morgan fingerprint density at radius 2 is 2.04 bits per heavy atom. The van der Waals surface area contributed by atoms with Gasteiger partial charge in [0.2, 0.25) is 0 Å². The number of fused-ring (bicyclic) bond motifs is 1. The summed E-state index contributed by atoms with van der Waals surface area (Å²) in [6.45, 7) is 1.92. The van der Waals surface area contributed by atoms with Gasteiger partial charge in [-0.2, -0.15) is 0 Å². The maximum atomic E-state index is 4.90. The molecule has 1 aromatic carbocycles. The van der Waals surface area contributed by atoms with Crippen molar-refractivity contribution in [3.05, 3.63) is 35.1 Å². The van der Waals surface area contributed by atoms with E-state index in [-0.39, 0.29) is 0 Å². The van der Waals surface area contributed by atoms with Crippen LogP contribution in [0.15, 0.2) is 24.3 Å². The highest BCUT2D eigenvalue weighted by atomic mass is 32.1. The van der Waals surface area contributed by atoms with Crippen molar-refractivity contribution in [3.63, 3.8) is 0 Å². The zero-order valence-corrected chi connectivity index (χ0v) is 14.3. The van der Waals surface area contributed by atoms with Crippen LogP contribution < -0.4 is 0 Å². The molecule has 1 saturated carbocycles. The van der Waals surface area contributed by atoms with Crippen molar-refractivity contribution < 1.29 is 0 Å². The second-order valence-electron chi connectivity index (χ2n) is 6.77. The number of hydrogen-bond acceptors (Lipinski definition) is 6. The third kappa shape index (κ3) is 2.61. The molecular formula is C17H20N6S. The van der Waals surface area contributed by atoms with E-state index in [9.17, 15) is 0 Å². The molecule has 24 heavy (non-hydrogen) atoms. The summed E-state index contributed by atoms with van der Waals surface area (Å²) in [6.07, 6.45) is 6.10. The van der Waals surface area contributed by atoms with Crippen LogP contribution in [0.1, 0.15) is 55.0 Å². The van der Waals surface area contributed by atoms with Crippen molar-refractivity contribution in [1.82, 2.24) is 30.1 Å². The maximum absolute atomic E-state index is 4.90. The van der Waals surface area contributed by atoms with E-state index in [4.69, 9.17) is 4.98 Å². The second kappa shape index (κ2) is 5.89. The Kier molecular flexibility index (Phi) is 3.56. The van der Waals surface area contributed by atoms with Crippen molar-refractivity contribution in [3.8, 4) is 0 Å². The van der Waals surface area contributed by atoms with Gasteiger partial charge in [-0.1, -0.05) is 18.6 Å². The van der Waals surface area contributed by atoms with Gasteiger partial charge in [0.15, 0.2) is 5.82 Å². The van der Waals surface area contributed by atoms with Crippen LogP contribution in [-0.2, 0) is 6.54 Å². The molecule has 124 valence electrons. The minimum Gasteiger partial charge on any atom is -0.286 e. The fourth-order valence-electron chi connectivity index (χ4n) is 3.59. The minimum atomic E-state index is 0.389. The van der Waals surface area contributed by atoms with E-state index in [0.29, 0.717) is 12.1 Å². The molecule has 7 heteroatoms. The highest BCUT2D eigenvalue weighted by Crippen LogP contribution is 2.38. The van der Waals surface area contributed by atoms with Crippen LogP contribution in [-0.4, -0.2) is 36.6 Å². The summed E-state index contributed by atoms with van der Waals surface area (Å²) in [6, 6.07) is 9.34. The van der Waals surface area contributed by atoms with E-state index < -0.39 is 0 Å². The van der Waals surface area contributed by atoms with E-state index in [0.717, 1.165) is 24.4 Å². The summed E-state index contributed by atoms with van der Waals surface area (Å²) in [5.74, 6) is 1.01. The van der Waals surface area contributed by atoms with Crippen LogP contribution in [0.2, 0.25) is 0 Å². The Balaban J connectivity index is 1.43. The van der Waals surface area contributed by atoms with Crippen molar-refractivity contribution in [2.24, 2.45) is 0 Å². The lowest BCUT2D eigenvalue weighted by Crippen LogP contribution is -2.33. The number of hydrogen-bond donors (Lipinski definition) is 0. The Hall–Kier alpha value is -1.86. The first-order chi connectivity index (χ1) is 11.9. The molecule has 0 N–H and O–H groups in total. The summed E-state index contributed by atoms with van der Waals surface area (Å²) in [5, 5.41) is 13.6. The summed E-state index contributed by atoms with van der Waals surface area (Å²) in [7, 11) is 0. The van der Waals surface area contributed by atoms with E-state index >= 15 is 0 Å². The van der Waals surface area contributed by atoms with E-state index in [1.54, 1.807) is 0 Å². The standard InChI is InChI=1S/C17H20N6S/c1-2-7-15-13(5-1)18-17(24-15)14-6-3-4-10-22(14)11-16-19-20-21-23(16)12-8-9-12/h1-2,5,7,12,14H,3-4,6,8-11H2/t14-/m0/s1. The third-order valence-corrected chi connectivity index (χ3v) is 6.15. The lowest BCUT2D eigenvalue weighted by molar-refractivity contribution is 0.134. The molecule has 0 radical (unpaired) electrons. The largest absolute Gasteiger partial charge is 0.286 e. The Bertz CT molecular complexity index is 819. The van der Waals surface area contributed by atoms with Gasteiger partial charge in [0.05, 0.1) is 28.8 Å². The zero-order valence-electron chi connectivity index (χ0n) is 13.5. The molecule has 0 amide bonds. The normalized spacial score (nSPS) is 22.2. The van der Waals surface area contributed by atoms with Gasteiger partial charge >= 0.3 is 0 Å². The number of rotatable bonds is 4. The molecule has 5 rings (SSSR count). The molecule has 0 spiro atoms. The van der Waals surface area contributed by atoms with Gasteiger partial charge < -0.3 is 0 Å². The number of tetrazole rings is 1. The summed E-state index contributed by atoms with van der Waals surface area (Å²) in [5.41, 5.74) is 1.12. The number of benzene rings is 1. The van der Waals surface area contributed by atoms with Crippen LogP contribution in [0.25, 0.3) is 10.2 Å². The lowest BCUT2D eigenvalue weighted by Gasteiger charge is -2.33. The van der Waals surface area contributed by atoms with Crippen LogP contribution in [0.3, 0.4) is 0 Å². The Morgan fingerprint density at radius 1 is 1.12 bits per heavy atom. The van der Waals surface area contributed by atoms with E-state index in [2.05, 4.69) is 44.7 Å². The first kappa shape index (κ1) is 14.5. The van der Waals surface area contributed by atoms with Crippen LogP contribution in [0.4, 0.5) is 0 Å². The molecule has 1 aliphatic carbocycles. The van der Waals surface area contributed by atoms with E-state index in [1.807, 2.05) is 16.0 Å². The molecule has 6 nitrogen and oxygen atoms in total. The maximum Gasteiger partial charge on any atom is 0.165 e. The minimum absolute atomic E-state index is 0.389. The number of thiazole rings is 1. The van der Waals surface area contributed by atoms with Crippen molar-refractivity contribution >= 4 is 21.6 Å². The Labute approximate surface area is 144 Å². The smallest absolute Gasteiger partial charge is 0.165 e. The third-order valence-electron chi connectivity index (χ3n) is 5.01. The molecule has 3 heterocycles. The van der Waals surface area contributed by atoms with Gasteiger partial charge in [0, 0.05) is 0 Å². The first-order valence-electron chi connectivity index (χ1n) is 8.75. The van der Waals surface area contributed by atoms with Crippen molar-refractivity contribution in [2.75, 3.05) is 6.54 Å². The van der Waals surface area contributed by atoms with Gasteiger partial charge in [0.1, 0.15) is 5.01 Å². The average molecular weight is 340 g/mol. The molecule has 3 aromatic rings. The summed E-state index contributed by atoms with van der Waals surface area (Å²) < 4.78 is 3.31. The molecule has 2 aromatic heterocycles. The van der Waals surface area contributed by atoms with Gasteiger partial charge in [-0.05, 0) is 54.8 Å². The fourth-order valence-corrected chi connectivity index (χ4v) is 4.73. The predicted molar refractivity (Wildman–Crippen MR) is 92.7 cm³/mol. The molecular weight excluding hydrogens is 320 g/mol. The van der Waals surface area contributed by atoms with Crippen molar-refractivity contribution in [1.29, 1.82) is 0 Å². The molecule has 1 saturated heterocycles. The molecule has 1 atom stereocenters. The molecule has 1 aliphatic heterocycles. The predicted octanol–water partition coefficient (Wildman–Crippen LogP) is 3.34. The fraction of sp³-hybridized carbons (Fsp3) is 0.529. The second-order valence-corrected chi connectivity index (χ2v) is 7.83. The summed E-state index contributed by atoms with van der Waals surface area (Å²) >= 11 is 1.83. The van der Waals surface area contributed by atoms with Crippen LogP contribution in [0.5, 0.6) is 0 Å². The molecule has 0 bridgehead atoms. The number of likely N-dealkylation sites (tertiary alicyclic amines) is 1. The highest BCUT2D eigenvalue weighted by molar-refractivity contribution is 7.18. The van der Waals surface area contributed by atoms with Crippen LogP contribution >= 0.6 is 11.3 Å². The molecule has 2 fully saturated rings. The number of para-hydroxylation sites is 1. The van der Waals surface area contributed by atoms with E-state index in [1.165, 1.54) is 41.8 Å². The monoisotopic (exact) mass is 340 g/mol. The van der Waals surface area contributed by atoms with Crippen LogP contribution in [0, 0.1) is 0 Å². The van der Waals surface area contributed by atoms with Crippen molar-refractivity contribution in [2.45, 2.75) is 50.7 Å². The number of aromatic nitrogens is 5. The summed E-state index contributed by atoms with van der Waals surface area (Å²) in [4.78, 5) is 7.42. The van der Waals surface area contributed by atoms with Gasteiger partial charge in [-0.3, -0.25) is 4.90 Å². The molecule has 2 aliphatic rings. The van der Waals surface area contributed by atoms with Gasteiger partial charge in [-0.25, -0.2) is 9.67 Å². The number of nitrogens with zero attached hydrogens (tertiary/aromatic N) is 6. The van der Waals surface area contributed by atoms with Gasteiger partial charge in [0.25, 0.3) is 0 Å². The number of piperidine rings is 1. The SMILES string of the molecule is c1ccc2sc([C@@H]3CCCCN3Cc3nnnn3C3CC3)nc2c1. The average Bonchev–Trinajstić information content (AvgIpc) is 3.19. The molecule has 0 unspecified atom stereocenters. The quantitative estimate of drug-likeness (QED) is 0.729. The topological polar surface area (TPSA) is 59.7 Å². The Morgan fingerprint density at radius 3 is 2.92 bits per heavy atom. The first-order valence-corrected chi connectivity index (χ1v) is 9.56. The zero-order chi connectivity index (χ0) is 15.9. The lowest BCUT2D eigenvalue weighted by atomic mass is 10.0. The highest BCUT2D eigenvalue weighted by Gasteiger charge is 2.31. The van der Waals surface area contributed by atoms with Gasteiger partial charge in [-0.15, -0.1) is 16.4 Å².